The van der Waals surface area contributed by atoms with Gasteiger partial charge in [-0.1, -0.05) is 42.5 Å². The summed E-state index contributed by atoms with van der Waals surface area (Å²) in [5, 5.41) is 17.4. The van der Waals surface area contributed by atoms with Crippen molar-refractivity contribution in [2.45, 2.75) is 25.4 Å². The first-order chi connectivity index (χ1) is 13.2. The predicted molar refractivity (Wildman–Crippen MR) is 105 cm³/mol. The molecule has 0 saturated carbocycles. The van der Waals surface area contributed by atoms with Gasteiger partial charge in [-0.15, -0.1) is 0 Å². The van der Waals surface area contributed by atoms with Gasteiger partial charge in [0.2, 0.25) is 5.91 Å². The maximum atomic E-state index is 11.2. The zero-order valence-corrected chi connectivity index (χ0v) is 15.2. The Kier molecular flexibility index (Phi) is 6.96. The van der Waals surface area contributed by atoms with E-state index < -0.39 is 6.10 Å². The van der Waals surface area contributed by atoms with Crippen molar-refractivity contribution in [2.24, 2.45) is 5.10 Å². The highest BCUT2D eigenvalue weighted by Gasteiger charge is 2.14. The van der Waals surface area contributed by atoms with Gasteiger partial charge in [-0.2, -0.15) is 5.10 Å². The third-order valence-electron chi connectivity index (χ3n) is 4.33. The number of aliphatic hydroxyl groups is 1. The van der Waals surface area contributed by atoms with Crippen LogP contribution in [0.3, 0.4) is 0 Å². The second-order valence-corrected chi connectivity index (χ2v) is 6.53. The smallest absolute Gasteiger partial charge is 0.240 e. The van der Waals surface area contributed by atoms with E-state index in [4.69, 9.17) is 4.74 Å². The fourth-order valence-corrected chi connectivity index (χ4v) is 2.85. The van der Waals surface area contributed by atoms with E-state index in [-0.39, 0.29) is 12.5 Å². The van der Waals surface area contributed by atoms with Crippen LogP contribution < -0.4 is 15.5 Å². The van der Waals surface area contributed by atoms with Gasteiger partial charge in [0.1, 0.15) is 18.5 Å². The molecule has 0 radical (unpaired) electrons. The standard InChI is InChI=1S/C21H25N3O3/c25-18(14-22-12-11-16-5-2-1-3-6-16)15-27-19-8-4-7-17(13-19)20-9-10-21(26)24-23-20/h1-8,13,18,22,25H,9-12,14-15H2,(H,24,26). The van der Waals surface area contributed by atoms with Gasteiger partial charge in [-0.05, 0) is 30.7 Å². The van der Waals surface area contributed by atoms with Crippen molar-refractivity contribution in [1.29, 1.82) is 0 Å². The maximum absolute atomic E-state index is 11.2. The summed E-state index contributed by atoms with van der Waals surface area (Å²) in [5.41, 5.74) is 5.53. The van der Waals surface area contributed by atoms with Gasteiger partial charge < -0.3 is 15.2 Å². The van der Waals surface area contributed by atoms with E-state index in [1.807, 2.05) is 42.5 Å². The number of nitrogens with one attached hydrogen (secondary N) is 2. The Morgan fingerprint density at radius 3 is 2.78 bits per heavy atom. The van der Waals surface area contributed by atoms with Crippen LogP contribution in [-0.2, 0) is 11.2 Å². The summed E-state index contributed by atoms with van der Waals surface area (Å²) >= 11 is 0. The third kappa shape index (κ3) is 6.20. The Balaban J connectivity index is 1.40. The van der Waals surface area contributed by atoms with E-state index in [1.165, 1.54) is 5.56 Å². The van der Waals surface area contributed by atoms with Crippen molar-refractivity contribution < 1.29 is 14.6 Å². The van der Waals surface area contributed by atoms with Crippen molar-refractivity contribution in [3.63, 3.8) is 0 Å². The minimum Gasteiger partial charge on any atom is -0.491 e. The van der Waals surface area contributed by atoms with Crippen LogP contribution >= 0.6 is 0 Å². The lowest BCUT2D eigenvalue weighted by Crippen LogP contribution is -2.32. The molecule has 2 aromatic rings. The summed E-state index contributed by atoms with van der Waals surface area (Å²) in [6.45, 7) is 1.50. The van der Waals surface area contributed by atoms with E-state index >= 15 is 0 Å². The number of benzene rings is 2. The molecule has 27 heavy (non-hydrogen) atoms. The van der Waals surface area contributed by atoms with Crippen molar-refractivity contribution in [1.82, 2.24) is 10.7 Å². The number of hydrogen-bond acceptors (Lipinski definition) is 5. The molecule has 6 nitrogen and oxygen atoms in total. The molecule has 1 heterocycles. The van der Waals surface area contributed by atoms with Crippen molar-refractivity contribution in [3.8, 4) is 5.75 Å². The van der Waals surface area contributed by atoms with Gasteiger partial charge in [0, 0.05) is 24.9 Å². The summed E-state index contributed by atoms with van der Waals surface area (Å²) in [4.78, 5) is 11.2. The molecule has 1 unspecified atom stereocenters. The fourth-order valence-electron chi connectivity index (χ4n) is 2.85. The highest BCUT2D eigenvalue weighted by Crippen LogP contribution is 2.17. The topological polar surface area (TPSA) is 83.0 Å². The Hall–Kier alpha value is -2.70. The van der Waals surface area contributed by atoms with Crippen molar-refractivity contribution in [3.05, 3.63) is 65.7 Å². The predicted octanol–water partition coefficient (Wildman–Crippen LogP) is 1.87. The van der Waals surface area contributed by atoms with E-state index in [2.05, 4.69) is 28.0 Å². The molecule has 0 fully saturated rings. The molecule has 3 N–H and O–H groups in total. The average Bonchev–Trinajstić information content (AvgIpc) is 2.71. The van der Waals surface area contributed by atoms with Gasteiger partial charge in [0.15, 0.2) is 0 Å². The van der Waals surface area contributed by atoms with E-state index in [9.17, 15) is 9.90 Å². The minimum absolute atomic E-state index is 0.0611. The molecule has 0 bridgehead atoms. The number of amides is 1. The quantitative estimate of drug-likeness (QED) is 0.591. The molecule has 1 aliphatic heterocycles. The molecule has 142 valence electrons. The van der Waals surface area contributed by atoms with Gasteiger partial charge >= 0.3 is 0 Å². The van der Waals surface area contributed by atoms with Crippen LogP contribution in [0.1, 0.15) is 24.0 Å². The molecule has 2 aromatic carbocycles. The van der Waals surface area contributed by atoms with Gasteiger partial charge in [-0.25, -0.2) is 5.43 Å². The lowest BCUT2D eigenvalue weighted by molar-refractivity contribution is -0.121. The first-order valence-electron chi connectivity index (χ1n) is 9.22. The second kappa shape index (κ2) is 9.85. The highest BCUT2D eigenvalue weighted by molar-refractivity contribution is 6.04. The van der Waals surface area contributed by atoms with Gasteiger partial charge in [-0.3, -0.25) is 4.79 Å². The largest absolute Gasteiger partial charge is 0.491 e. The van der Waals surface area contributed by atoms with Crippen LogP contribution in [0, 0.1) is 0 Å². The number of hydrogen-bond donors (Lipinski definition) is 3. The summed E-state index contributed by atoms with van der Waals surface area (Å²) in [6.07, 6.45) is 1.39. The molecule has 0 aliphatic carbocycles. The molecule has 1 aliphatic rings. The molecule has 0 aromatic heterocycles. The Morgan fingerprint density at radius 2 is 2.00 bits per heavy atom. The number of aliphatic hydroxyl groups excluding tert-OH is 1. The number of rotatable bonds is 9. The van der Waals surface area contributed by atoms with E-state index in [0.717, 1.165) is 24.2 Å². The number of carbonyl (C=O) groups is 1. The molecule has 0 spiro atoms. The summed E-state index contributed by atoms with van der Waals surface area (Å²) in [7, 11) is 0. The van der Waals surface area contributed by atoms with Crippen molar-refractivity contribution >= 4 is 11.6 Å². The second-order valence-electron chi connectivity index (χ2n) is 6.53. The Morgan fingerprint density at radius 1 is 1.15 bits per heavy atom. The van der Waals surface area contributed by atoms with Gasteiger partial charge in [0.05, 0.1) is 5.71 Å². The van der Waals surface area contributed by atoms with E-state index in [0.29, 0.717) is 25.1 Å². The van der Waals surface area contributed by atoms with Crippen LogP contribution in [0.4, 0.5) is 0 Å². The number of ether oxygens (including phenoxy) is 1. The first kappa shape index (κ1) is 19.1. The molecule has 1 atom stereocenters. The Bertz CT molecular complexity index is 777. The Labute approximate surface area is 159 Å². The third-order valence-corrected chi connectivity index (χ3v) is 4.33. The van der Waals surface area contributed by atoms with Crippen molar-refractivity contribution in [2.75, 3.05) is 19.7 Å². The fraction of sp³-hybridized carbons (Fsp3) is 0.333. The van der Waals surface area contributed by atoms with Crippen LogP contribution in [-0.4, -0.2) is 42.5 Å². The van der Waals surface area contributed by atoms with Gasteiger partial charge in [0.25, 0.3) is 0 Å². The molecule has 1 amide bonds. The van der Waals surface area contributed by atoms with E-state index in [1.54, 1.807) is 0 Å². The summed E-state index contributed by atoms with van der Waals surface area (Å²) in [6, 6.07) is 17.8. The minimum atomic E-state index is -0.587. The van der Waals surface area contributed by atoms with Crippen LogP contribution in [0.5, 0.6) is 5.75 Å². The average molecular weight is 367 g/mol. The zero-order chi connectivity index (χ0) is 18.9. The molecule has 3 rings (SSSR count). The monoisotopic (exact) mass is 367 g/mol. The lowest BCUT2D eigenvalue weighted by atomic mass is 10.0. The number of nitrogens with zero attached hydrogens (tertiary/aromatic N) is 1. The molecule has 6 heteroatoms. The summed E-state index contributed by atoms with van der Waals surface area (Å²) < 4.78 is 5.70. The zero-order valence-electron chi connectivity index (χ0n) is 15.2. The van der Waals surface area contributed by atoms with Crippen LogP contribution in [0.25, 0.3) is 0 Å². The molecule has 0 saturated heterocycles. The van der Waals surface area contributed by atoms with Crippen LogP contribution in [0.2, 0.25) is 0 Å². The highest BCUT2D eigenvalue weighted by atomic mass is 16.5. The van der Waals surface area contributed by atoms with Crippen LogP contribution in [0.15, 0.2) is 59.7 Å². The maximum Gasteiger partial charge on any atom is 0.240 e. The number of hydrazone groups is 1. The molecular formula is C21H25N3O3. The molecular weight excluding hydrogens is 342 g/mol. The SMILES string of the molecule is O=C1CCC(c2cccc(OCC(O)CNCCc3ccccc3)c2)=NN1. The normalized spacial score (nSPS) is 15.0. The first-order valence-corrected chi connectivity index (χ1v) is 9.22. The lowest BCUT2D eigenvalue weighted by Gasteiger charge is -2.15. The summed E-state index contributed by atoms with van der Waals surface area (Å²) in [5.74, 6) is 0.615. The number of carbonyl (C=O) groups excluding carboxylic acids is 1.